The fourth-order valence-electron chi connectivity index (χ4n) is 3.77. The lowest BCUT2D eigenvalue weighted by molar-refractivity contribution is -0.139. The van der Waals surface area contributed by atoms with Crippen molar-refractivity contribution in [2.45, 2.75) is 44.9 Å². The number of para-hydroxylation sites is 1. The predicted octanol–water partition coefficient (Wildman–Crippen LogP) is 5.25. The Morgan fingerprint density at radius 2 is 1.77 bits per heavy atom. The van der Waals surface area contributed by atoms with Gasteiger partial charge in [0, 0.05) is 39.1 Å². The van der Waals surface area contributed by atoms with Gasteiger partial charge in [-0.3, -0.25) is 4.79 Å². The summed E-state index contributed by atoms with van der Waals surface area (Å²) in [6, 6.07) is 16.5. The number of carboxylic acids is 1. The lowest BCUT2D eigenvalue weighted by Crippen LogP contribution is -2.19. The van der Waals surface area contributed by atoms with Crippen LogP contribution in [0.5, 0.6) is 0 Å². The molecule has 1 heterocycles. The van der Waals surface area contributed by atoms with Crippen molar-refractivity contribution in [3.8, 4) is 11.1 Å². The van der Waals surface area contributed by atoms with Crippen molar-refractivity contribution in [3.05, 3.63) is 64.8 Å². The number of fused-ring (bicyclic) bond motifs is 1. The SMILES string of the molecule is CC(C)n1c(/C=C/[C@@H](O)C[C@@H](O)CC(=O)O)c(-c2ccc(Br)cc2)c2ccccc21. The van der Waals surface area contributed by atoms with Gasteiger partial charge >= 0.3 is 5.97 Å². The molecule has 0 aliphatic heterocycles. The van der Waals surface area contributed by atoms with Gasteiger partial charge in [0.25, 0.3) is 0 Å². The van der Waals surface area contributed by atoms with Crippen molar-refractivity contribution in [3.63, 3.8) is 0 Å². The second kappa shape index (κ2) is 9.60. The summed E-state index contributed by atoms with van der Waals surface area (Å²) in [4.78, 5) is 10.7. The second-order valence-electron chi connectivity index (χ2n) is 7.66. The monoisotopic (exact) mass is 471 g/mol. The minimum absolute atomic E-state index is 0.0294. The number of rotatable bonds is 8. The Hall–Kier alpha value is -2.41. The van der Waals surface area contributed by atoms with Crippen LogP contribution in [-0.2, 0) is 4.79 Å². The topological polar surface area (TPSA) is 82.7 Å². The van der Waals surface area contributed by atoms with Crippen LogP contribution in [0.3, 0.4) is 0 Å². The van der Waals surface area contributed by atoms with Gasteiger partial charge in [0.1, 0.15) is 0 Å². The van der Waals surface area contributed by atoms with Gasteiger partial charge in [-0.25, -0.2) is 0 Å². The highest BCUT2D eigenvalue weighted by Crippen LogP contribution is 2.38. The van der Waals surface area contributed by atoms with Gasteiger partial charge in [-0.15, -0.1) is 0 Å². The molecule has 3 N–H and O–H groups in total. The van der Waals surface area contributed by atoms with Crippen molar-refractivity contribution in [2.75, 3.05) is 0 Å². The molecule has 30 heavy (non-hydrogen) atoms. The molecule has 0 unspecified atom stereocenters. The van der Waals surface area contributed by atoms with Gasteiger partial charge in [-0.2, -0.15) is 0 Å². The molecule has 1 aromatic heterocycles. The molecule has 0 spiro atoms. The Morgan fingerprint density at radius 3 is 2.40 bits per heavy atom. The standard InChI is InChI=1S/C24H26BrNO4/c1-15(2)26-21-6-4-3-5-20(21)24(16-7-9-17(25)10-8-16)22(26)12-11-18(27)13-19(28)14-23(29)30/h3-12,15,18-19,27-28H,13-14H2,1-2H3,(H,29,30)/b12-11+/t18-,19-/m1/s1. The highest BCUT2D eigenvalue weighted by molar-refractivity contribution is 9.10. The number of aromatic nitrogens is 1. The Kier molecular flexibility index (Phi) is 7.13. The summed E-state index contributed by atoms with van der Waals surface area (Å²) in [6.07, 6.45) is 1.04. The summed E-state index contributed by atoms with van der Waals surface area (Å²) in [5.74, 6) is -1.09. The third-order valence-electron chi connectivity index (χ3n) is 5.00. The van der Waals surface area contributed by atoms with Gasteiger partial charge in [0.05, 0.1) is 18.6 Å². The van der Waals surface area contributed by atoms with E-state index in [4.69, 9.17) is 5.11 Å². The third kappa shape index (κ3) is 5.01. The zero-order valence-corrected chi connectivity index (χ0v) is 18.6. The number of halogens is 1. The first-order chi connectivity index (χ1) is 14.3. The molecular formula is C24H26BrNO4. The first-order valence-electron chi connectivity index (χ1n) is 9.93. The average Bonchev–Trinajstić information content (AvgIpc) is 3.00. The van der Waals surface area contributed by atoms with Crippen LogP contribution in [-0.4, -0.2) is 38.1 Å². The molecule has 5 nitrogen and oxygen atoms in total. The predicted molar refractivity (Wildman–Crippen MR) is 123 cm³/mol. The first kappa shape index (κ1) is 22.3. The number of benzene rings is 2. The van der Waals surface area contributed by atoms with Crippen molar-refractivity contribution < 1.29 is 20.1 Å². The maximum atomic E-state index is 10.7. The number of carboxylic acid groups (broad SMARTS) is 1. The lowest BCUT2D eigenvalue weighted by Gasteiger charge is -2.15. The van der Waals surface area contributed by atoms with E-state index in [1.54, 1.807) is 6.08 Å². The van der Waals surface area contributed by atoms with E-state index in [1.807, 2.05) is 30.3 Å². The molecule has 0 radical (unpaired) electrons. The zero-order chi connectivity index (χ0) is 21.8. The van der Waals surface area contributed by atoms with Crippen LogP contribution in [0.4, 0.5) is 0 Å². The largest absolute Gasteiger partial charge is 0.481 e. The smallest absolute Gasteiger partial charge is 0.305 e. The molecule has 0 aliphatic carbocycles. The number of aliphatic carboxylic acids is 1. The number of hydrogen-bond donors (Lipinski definition) is 3. The highest BCUT2D eigenvalue weighted by atomic mass is 79.9. The van der Waals surface area contributed by atoms with Gasteiger partial charge in [-0.05, 0) is 43.7 Å². The molecule has 0 saturated carbocycles. The fourth-order valence-corrected chi connectivity index (χ4v) is 4.03. The van der Waals surface area contributed by atoms with E-state index < -0.39 is 18.2 Å². The summed E-state index contributed by atoms with van der Waals surface area (Å²) < 4.78 is 3.22. The van der Waals surface area contributed by atoms with E-state index >= 15 is 0 Å². The second-order valence-corrected chi connectivity index (χ2v) is 8.58. The Balaban J connectivity index is 2.08. The van der Waals surface area contributed by atoms with Gasteiger partial charge < -0.3 is 19.9 Å². The summed E-state index contributed by atoms with van der Waals surface area (Å²) in [5, 5.41) is 30.1. The summed E-state index contributed by atoms with van der Waals surface area (Å²) in [5.41, 5.74) is 4.20. The van der Waals surface area contributed by atoms with E-state index in [1.165, 1.54) is 0 Å². The fraction of sp³-hybridized carbons (Fsp3) is 0.292. The van der Waals surface area contributed by atoms with Gasteiger partial charge in [0.15, 0.2) is 0 Å². The molecule has 158 valence electrons. The maximum absolute atomic E-state index is 10.7. The molecule has 2 atom stereocenters. The van der Waals surface area contributed by atoms with Crippen molar-refractivity contribution >= 4 is 38.9 Å². The van der Waals surface area contributed by atoms with E-state index in [9.17, 15) is 15.0 Å². The molecular weight excluding hydrogens is 446 g/mol. The summed E-state index contributed by atoms with van der Waals surface area (Å²) in [7, 11) is 0. The summed E-state index contributed by atoms with van der Waals surface area (Å²) >= 11 is 3.49. The molecule has 0 aliphatic rings. The molecule has 0 saturated heterocycles. The van der Waals surface area contributed by atoms with Crippen molar-refractivity contribution in [1.82, 2.24) is 4.57 Å². The highest BCUT2D eigenvalue weighted by Gasteiger charge is 2.19. The first-order valence-corrected chi connectivity index (χ1v) is 10.7. The summed E-state index contributed by atoms with van der Waals surface area (Å²) in [6.45, 7) is 4.23. The number of nitrogens with zero attached hydrogens (tertiary/aromatic N) is 1. The van der Waals surface area contributed by atoms with Crippen molar-refractivity contribution in [1.29, 1.82) is 0 Å². The molecule has 0 amide bonds. The van der Waals surface area contributed by atoms with E-state index in [0.717, 1.165) is 32.2 Å². The third-order valence-corrected chi connectivity index (χ3v) is 5.53. The van der Waals surface area contributed by atoms with Crippen molar-refractivity contribution in [2.24, 2.45) is 0 Å². The van der Waals surface area contributed by atoms with Crippen LogP contribution in [0, 0.1) is 0 Å². The average molecular weight is 472 g/mol. The molecule has 6 heteroatoms. The van der Waals surface area contributed by atoms with Crippen LogP contribution in [0.25, 0.3) is 28.1 Å². The molecule has 3 aromatic rings. The molecule has 3 rings (SSSR count). The minimum Gasteiger partial charge on any atom is -0.481 e. The minimum atomic E-state index is -1.09. The van der Waals surface area contributed by atoms with Crippen LogP contribution in [0.1, 0.15) is 38.4 Å². The van der Waals surface area contributed by atoms with Crippen LogP contribution >= 0.6 is 15.9 Å². The maximum Gasteiger partial charge on any atom is 0.305 e. The lowest BCUT2D eigenvalue weighted by atomic mass is 10.0. The van der Waals surface area contributed by atoms with E-state index in [-0.39, 0.29) is 18.9 Å². The van der Waals surface area contributed by atoms with Crippen LogP contribution < -0.4 is 0 Å². The van der Waals surface area contributed by atoms with Gasteiger partial charge in [-0.1, -0.05) is 52.3 Å². The number of aliphatic hydroxyl groups is 2. The van der Waals surface area contributed by atoms with Crippen LogP contribution in [0.2, 0.25) is 0 Å². The van der Waals surface area contributed by atoms with Gasteiger partial charge in [0.2, 0.25) is 0 Å². The Morgan fingerprint density at radius 1 is 1.10 bits per heavy atom. The molecule has 2 aromatic carbocycles. The van der Waals surface area contributed by atoms with E-state index in [0.29, 0.717) is 0 Å². The number of aliphatic hydroxyl groups excluding tert-OH is 2. The normalized spacial score (nSPS) is 13.9. The molecule has 0 fully saturated rings. The molecule has 0 bridgehead atoms. The zero-order valence-electron chi connectivity index (χ0n) is 17.0. The Labute approximate surface area is 184 Å². The number of carbonyl (C=O) groups is 1. The number of hydrogen-bond acceptors (Lipinski definition) is 3. The quantitative estimate of drug-likeness (QED) is 0.418. The Bertz CT molecular complexity index is 1050. The van der Waals surface area contributed by atoms with E-state index in [2.05, 4.69) is 58.6 Å². The van der Waals surface area contributed by atoms with Crippen LogP contribution in [0.15, 0.2) is 59.1 Å².